The number of carbonyl (C=O) groups excluding carboxylic acids is 2. The van der Waals surface area contributed by atoms with Crippen LogP contribution in [-0.4, -0.2) is 34.4 Å². The predicted octanol–water partition coefficient (Wildman–Crippen LogP) is 2.30. The van der Waals surface area contributed by atoms with Crippen molar-refractivity contribution < 1.29 is 19.1 Å². The molecule has 1 atom stereocenters. The van der Waals surface area contributed by atoms with Gasteiger partial charge in [-0.3, -0.25) is 4.79 Å². The molecular formula is C17H17ClN2O5. The van der Waals surface area contributed by atoms with Crippen LogP contribution >= 0.6 is 11.6 Å². The number of aryl methyl sites for hydroxylation is 1. The first-order chi connectivity index (χ1) is 11.8. The summed E-state index contributed by atoms with van der Waals surface area (Å²) in [5.74, 6) is -1.69. The lowest BCUT2D eigenvalue weighted by Gasteiger charge is -2.13. The van der Waals surface area contributed by atoms with Crippen molar-refractivity contribution in [2.75, 3.05) is 6.61 Å². The first kappa shape index (κ1) is 18.7. The second-order valence-corrected chi connectivity index (χ2v) is 5.62. The van der Waals surface area contributed by atoms with Crippen LogP contribution in [0.4, 0.5) is 0 Å². The van der Waals surface area contributed by atoms with E-state index in [9.17, 15) is 14.4 Å². The Labute approximate surface area is 149 Å². The smallest absolute Gasteiger partial charge is 0.363 e. The molecule has 0 fully saturated rings. The Morgan fingerprint density at radius 2 is 1.92 bits per heavy atom. The van der Waals surface area contributed by atoms with Crippen LogP contribution in [0.5, 0.6) is 0 Å². The van der Waals surface area contributed by atoms with E-state index in [1.807, 2.05) is 0 Å². The molecule has 1 aromatic heterocycles. The Morgan fingerprint density at radius 1 is 1.28 bits per heavy atom. The first-order valence-electron chi connectivity index (χ1n) is 7.58. The van der Waals surface area contributed by atoms with Crippen LogP contribution < -0.4 is 5.43 Å². The van der Waals surface area contributed by atoms with Gasteiger partial charge in [0.25, 0.3) is 0 Å². The molecule has 0 saturated carbocycles. The number of halogens is 1. The highest BCUT2D eigenvalue weighted by Gasteiger charge is 2.23. The van der Waals surface area contributed by atoms with Crippen LogP contribution in [0.2, 0.25) is 5.02 Å². The van der Waals surface area contributed by atoms with Crippen LogP contribution in [0.1, 0.15) is 30.0 Å². The number of aromatic nitrogens is 2. The lowest BCUT2D eigenvalue weighted by atomic mass is 10.3. The van der Waals surface area contributed by atoms with E-state index in [2.05, 4.69) is 5.10 Å². The second kappa shape index (κ2) is 7.94. The van der Waals surface area contributed by atoms with Gasteiger partial charge in [0.2, 0.25) is 11.1 Å². The molecule has 0 amide bonds. The van der Waals surface area contributed by atoms with E-state index in [0.717, 1.165) is 0 Å². The standard InChI is InChI=1S/C17H17ClN2O5/c1-4-24-16(22)11(3)25-17(23)15-14(21)9-10(2)20(19-15)13-7-5-12(18)6-8-13/h5-9,11H,4H2,1-3H3. The van der Waals surface area contributed by atoms with Crippen molar-refractivity contribution in [3.8, 4) is 5.69 Å². The maximum absolute atomic E-state index is 12.2. The van der Waals surface area contributed by atoms with Gasteiger partial charge in [0.05, 0.1) is 12.3 Å². The lowest BCUT2D eigenvalue weighted by molar-refractivity contribution is -0.152. The summed E-state index contributed by atoms with van der Waals surface area (Å²) in [4.78, 5) is 35.8. The summed E-state index contributed by atoms with van der Waals surface area (Å²) in [6.45, 7) is 4.84. The van der Waals surface area contributed by atoms with Crippen molar-refractivity contribution in [1.29, 1.82) is 0 Å². The highest BCUT2D eigenvalue weighted by molar-refractivity contribution is 6.30. The molecule has 8 heteroatoms. The van der Waals surface area contributed by atoms with Crippen molar-refractivity contribution in [3.63, 3.8) is 0 Å². The van der Waals surface area contributed by atoms with Gasteiger partial charge in [-0.2, -0.15) is 5.10 Å². The van der Waals surface area contributed by atoms with Crippen molar-refractivity contribution in [3.05, 3.63) is 57.0 Å². The highest BCUT2D eigenvalue weighted by Crippen LogP contribution is 2.14. The molecule has 0 aliphatic carbocycles. The van der Waals surface area contributed by atoms with Crippen LogP contribution in [0.25, 0.3) is 5.69 Å². The number of esters is 2. The lowest BCUT2D eigenvalue weighted by Crippen LogP contribution is -2.30. The first-order valence-corrected chi connectivity index (χ1v) is 7.95. The van der Waals surface area contributed by atoms with Crippen LogP contribution in [0.3, 0.4) is 0 Å². The zero-order valence-corrected chi connectivity index (χ0v) is 14.7. The third kappa shape index (κ3) is 4.45. The van der Waals surface area contributed by atoms with E-state index in [1.165, 1.54) is 17.7 Å². The topological polar surface area (TPSA) is 87.5 Å². The number of benzene rings is 1. The third-order valence-electron chi connectivity index (χ3n) is 3.27. The molecule has 2 aromatic rings. The molecule has 0 N–H and O–H groups in total. The monoisotopic (exact) mass is 364 g/mol. The summed E-state index contributed by atoms with van der Waals surface area (Å²) in [5.41, 5.74) is 0.136. The average Bonchev–Trinajstić information content (AvgIpc) is 2.56. The largest absolute Gasteiger partial charge is 0.463 e. The Morgan fingerprint density at radius 3 is 2.52 bits per heavy atom. The molecule has 0 spiro atoms. The molecule has 1 aromatic carbocycles. The van der Waals surface area contributed by atoms with E-state index in [-0.39, 0.29) is 6.61 Å². The normalized spacial score (nSPS) is 11.7. The van der Waals surface area contributed by atoms with Crippen LogP contribution in [-0.2, 0) is 14.3 Å². The summed E-state index contributed by atoms with van der Waals surface area (Å²) >= 11 is 5.86. The quantitative estimate of drug-likeness (QED) is 0.756. The highest BCUT2D eigenvalue weighted by atomic mass is 35.5. The Balaban J connectivity index is 2.33. The Bertz CT molecular complexity index is 845. The Hall–Kier alpha value is -2.67. The number of hydrogen-bond acceptors (Lipinski definition) is 6. The summed E-state index contributed by atoms with van der Waals surface area (Å²) in [7, 11) is 0. The number of nitrogens with zero attached hydrogens (tertiary/aromatic N) is 2. The van der Waals surface area contributed by atoms with Gasteiger partial charge in [-0.1, -0.05) is 11.6 Å². The number of hydrogen-bond donors (Lipinski definition) is 0. The Kier molecular flexibility index (Phi) is 5.93. The maximum Gasteiger partial charge on any atom is 0.363 e. The molecule has 0 radical (unpaired) electrons. The van der Waals surface area contributed by atoms with Crippen molar-refractivity contribution >= 4 is 23.5 Å². The molecule has 0 bridgehead atoms. The van der Waals surface area contributed by atoms with E-state index in [0.29, 0.717) is 16.4 Å². The molecule has 1 unspecified atom stereocenters. The molecule has 1 heterocycles. The number of carbonyl (C=O) groups is 2. The predicted molar refractivity (Wildman–Crippen MR) is 91.1 cm³/mol. The fourth-order valence-corrected chi connectivity index (χ4v) is 2.18. The summed E-state index contributed by atoms with van der Waals surface area (Å²) in [6.07, 6.45) is -1.14. The van der Waals surface area contributed by atoms with E-state index in [1.54, 1.807) is 38.1 Å². The minimum atomic E-state index is -1.14. The molecule has 0 aliphatic heterocycles. The molecule has 7 nitrogen and oxygen atoms in total. The zero-order valence-electron chi connectivity index (χ0n) is 14.0. The minimum absolute atomic E-state index is 0.160. The molecule has 25 heavy (non-hydrogen) atoms. The van der Waals surface area contributed by atoms with Gasteiger partial charge in [-0.05, 0) is 45.0 Å². The van der Waals surface area contributed by atoms with E-state index >= 15 is 0 Å². The van der Waals surface area contributed by atoms with E-state index in [4.69, 9.17) is 21.1 Å². The summed E-state index contributed by atoms with van der Waals surface area (Å²) < 4.78 is 11.2. The fourth-order valence-electron chi connectivity index (χ4n) is 2.06. The molecule has 0 saturated heterocycles. The number of rotatable bonds is 5. The molecule has 0 aliphatic rings. The van der Waals surface area contributed by atoms with Gasteiger partial charge in [-0.25, -0.2) is 14.3 Å². The van der Waals surface area contributed by atoms with Gasteiger partial charge in [0, 0.05) is 16.8 Å². The third-order valence-corrected chi connectivity index (χ3v) is 3.53. The average molecular weight is 365 g/mol. The molecule has 132 valence electrons. The van der Waals surface area contributed by atoms with Gasteiger partial charge < -0.3 is 9.47 Å². The summed E-state index contributed by atoms with van der Waals surface area (Å²) in [6, 6.07) is 7.99. The maximum atomic E-state index is 12.2. The van der Waals surface area contributed by atoms with Crippen molar-refractivity contribution in [2.24, 2.45) is 0 Å². The fraction of sp³-hybridized carbons (Fsp3) is 0.294. The van der Waals surface area contributed by atoms with Gasteiger partial charge in [0.1, 0.15) is 0 Å². The SMILES string of the molecule is CCOC(=O)C(C)OC(=O)c1nn(-c2ccc(Cl)cc2)c(C)cc1=O. The van der Waals surface area contributed by atoms with Gasteiger partial charge in [-0.15, -0.1) is 0 Å². The van der Waals surface area contributed by atoms with Gasteiger partial charge >= 0.3 is 11.9 Å². The molecule has 2 rings (SSSR count). The minimum Gasteiger partial charge on any atom is -0.463 e. The van der Waals surface area contributed by atoms with Gasteiger partial charge in [0.15, 0.2) is 6.10 Å². The molecular weight excluding hydrogens is 348 g/mol. The van der Waals surface area contributed by atoms with Crippen LogP contribution in [0.15, 0.2) is 35.1 Å². The summed E-state index contributed by atoms with van der Waals surface area (Å²) in [5, 5.41) is 4.61. The van der Waals surface area contributed by atoms with Crippen LogP contribution in [0, 0.1) is 6.92 Å². The second-order valence-electron chi connectivity index (χ2n) is 5.19. The van der Waals surface area contributed by atoms with E-state index < -0.39 is 29.2 Å². The van der Waals surface area contributed by atoms with Crippen molar-refractivity contribution in [2.45, 2.75) is 26.9 Å². The zero-order chi connectivity index (χ0) is 18.6. The number of ether oxygens (including phenoxy) is 2. The van der Waals surface area contributed by atoms with Crippen molar-refractivity contribution in [1.82, 2.24) is 9.78 Å².